The Hall–Kier alpha value is -16.9. The highest BCUT2D eigenvalue weighted by atomic mass is 35.5. The number of aromatic amines is 4. The molecule has 0 aliphatic carbocycles. The van der Waals surface area contributed by atoms with Crippen LogP contribution < -0.4 is 45.0 Å². The Bertz CT molecular complexity index is 8740. The normalized spacial score (nSPS) is 12.1. The summed E-state index contributed by atoms with van der Waals surface area (Å²) in [7, 11) is 7.03. The van der Waals surface area contributed by atoms with Crippen LogP contribution in [0.15, 0.2) is 234 Å². The number of rotatable bonds is 25. The molecule has 1 aliphatic heterocycles. The molecule has 19 heterocycles. The van der Waals surface area contributed by atoms with Crippen molar-refractivity contribution >= 4 is 100 Å². The van der Waals surface area contributed by atoms with Gasteiger partial charge in [-0.2, -0.15) is 15.3 Å². The van der Waals surface area contributed by atoms with Gasteiger partial charge in [0.2, 0.25) is 0 Å². The zero-order valence-electron chi connectivity index (χ0n) is 79.4. The molecule has 726 valence electrons. The first-order valence-electron chi connectivity index (χ1n) is 46.6. The third kappa shape index (κ3) is 19.2. The largest absolute Gasteiger partial charge is 0.469 e. The lowest BCUT2D eigenvalue weighted by molar-refractivity contribution is -0.139. The fraction of sp³-hybridized carbons (Fsp3) is 0.260. The van der Waals surface area contributed by atoms with Gasteiger partial charge in [-0.15, -0.1) is 11.3 Å². The van der Waals surface area contributed by atoms with Crippen molar-refractivity contribution in [2.45, 2.75) is 145 Å². The van der Waals surface area contributed by atoms with E-state index in [9.17, 15) is 43.2 Å². The van der Waals surface area contributed by atoms with E-state index in [0.29, 0.717) is 150 Å². The highest BCUT2D eigenvalue weighted by molar-refractivity contribution is 7.20. The van der Waals surface area contributed by atoms with E-state index in [1.54, 1.807) is 25.4 Å². The molecule has 40 nitrogen and oxygen atoms in total. The second kappa shape index (κ2) is 39.4. The third-order valence-corrected chi connectivity index (χ3v) is 27.2. The van der Waals surface area contributed by atoms with Crippen molar-refractivity contribution in [2.24, 2.45) is 21.1 Å². The first kappa shape index (κ1) is 93.7. The molecular weight excluding hydrogens is 1880 g/mol. The Balaban J connectivity index is 0.000000117. The standard InChI is InChI=1S/C26H28N8O2.C25H24N8O2S.C25H24N6O4.C24H21ClN8O2S/c1-3-33-24-23(25(35)29-26(33)36)34(15-17-7-9-18(10-8-17)20-11-13-31(2)30-20)22(28-24)14-19-16-32-12-5-4-6-21(32)27-19;1-4-32-22-21(23(34)28-24(32)35)33(13-16-5-7-17(8-6-16)19-9-10-30(3)29-19)20(27-22)11-18-14-31-12-15(2)36-25(31)26-18;1-3-30-23-22(24(33)28-25(30)34)31(14-17-9-7-16(8-10-17)12-21(32)35-2)20(27-23)13-18-15-29-11-5-4-6-19(29)26-18;1-3-32-21-20(22(34)28-23(32)35)33(11-14-4-6-15(7-5-14)17-8-9-30(2)29-17)19(27-21)10-16-12-31-13-18(25)36-24(31)26-16/h7-11,13,16H,3-6,12,14-15H2,1-2H3,(H,29,35,36);5-10,12,14H,4,11,13H2,1-3H3,(H,28,34,35);4-11,15H,3,12-14H2,1-2H3,(H,28,33,34);4-9,12-13H,3,10-11H2,1-2H3,(H,28,34,35). The van der Waals surface area contributed by atoms with E-state index in [-0.39, 0.29) is 12.4 Å². The molecule has 0 amide bonds. The van der Waals surface area contributed by atoms with Gasteiger partial charge in [0, 0.05) is 196 Å². The number of carbonyl (C=O) groups is 1. The van der Waals surface area contributed by atoms with E-state index in [1.807, 2.05) is 276 Å². The summed E-state index contributed by atoms with van der Waals surface area (Å²) in [4.78, 5) is 164. The van der Waals surface area contributed by atoms with Crippen molar-refractivity contribution in [2.75, 3.05) is 7.11 Å². The molecule has 18 aromatic heterocycles. The topological polar surface area (TPSA) is 440 Å². The monoisotopic (exact) mass is 1980 g/mol. The number of imidazole rings is 8. The van der Waals surface area contributed by atoms with Crippen LogP contribution in [0.5, 0.6) is 0 Å². The number of carbonyl (C=O) groups excluding carboxylic acids is 1. The maximum absolute atomic E-state index is 13.0. The summed E-state index contributed by atoms with van der Waals surface area (Å²) in [6.45, 7) is 13.7. The van der Waals surface area contributed by atoms with E-state index in [1.165, 1.54) is 41.6 Å². The molecule has 23 rings (SSSR count). The number of methoxy groups -OCH3 is 1. The Morgan fingerprint density at radius 1 is 0.385 bits per heavy atom. The van der Waals surface area contributed by atoms with Gasteiger partial charge < -0.3 is 32.0 Å². The molecule has 4 N–H and O–H groups in total. The molecule has 143 heavy (non-hydrogen) atoms. The molecule has 0 spiro atoms. The molecule has 0 bridgehead atoms. The summed E-state index contributed by atoms with van der Waals surface area (Å²) >= 11 is 9.10. The van der Waals surface area contributed by atoms with Gasteiger partial charge in [-0.25, -0.2) is 59.0 Å². The number of halogens is 1. The van der Waals surface area contributed by atoms with Crippen LogP contribution in [0.1, 0.15) is 125 Å². The molecule has 0 saturated heterocycles. The van der Waals surface area contributed by atoms with E-state index in [2.05, 4.69) is 56.0 Å². The van der Waals surface area contributed by atoms with Crippen molar-refractivity contribution in [3.63, 3.8) is 0 Å². The number of pyridine rings is 1. The summed E-state index contributed by atoms with van der Waals surface area (Å²) in [5, 5.41) is 13.4. The summed E-state index contributed by atoms with van der Waals surface area (Å²) in [5.74, 6) is 3.46. The van der Waals surface area contributed by atoms with E-state index < -0.39 is 45.0 Å². The molecule has 1 aliphatic rings. The number of hydrogen-bond acceptors (Lipinski definition) is 23. The average Bonchev–Trinajstić information content (AvgIpc) is 1.61. The molecule has 22 aromatic rings. The lowest BCUT2D eigenvalue weighted by Crippen LogP contribution is -2.30. The lowest BCUT2D eigenvalue weighted by Gasteiger charge is -2.11. The summed E-state index contributed by atoms with van der Waals surface area (Å²) in [6.07, 6.45) is 24.6. The number of hydrogen-bond donors (Lipinski definition) is 4. The van der Waals surface area contributed by atoms with Gasteiger partial charge in [0.1, 0.15) is 39.1 Å². The number of ether oxygens (including phenoxy) is 1. The zero-order chi connectivity index (χ0) is 99.3. The quantitative estimate of drug-likeness (QED) is 0.0386. The van der Waals surface area contributed by atoms with Crippen LogP contribution in [-0.4, -0.2) is 157 Å². The number of esters is 1. The predicted molar refractivity (Wildman–Crippen MR) is 543 cm³/mol. The van der Waals surface area contributed by atoms with Crippen molar-refractivity contribution in [1.82, 2.24) is 143 Å². The van der Waals surface area contributed by atoms with E-state index in [0.717, 1.165) is 132 Å². The second-order valence-electron chi connectivity index (χ2n) is 34.9. The molecule has 0 atom stereocenters. The molecule has 0 radical (unpaired) electrons. The van der Waals surface area contributed by atoms with Gasteiger partial charge in [-0.1, -0.05) is 126 Å². The fourth-order valence-electron chi connectivity index (χ4n) is 18.3. The predicted octanol–water partition coefficient (Wildman–Crippen LogP) is 10.7. The lowest BCUT2D eigenvalue weighted by atomic mass is 10.1. The number of benzene rings is 4. The SMILES string of the molecule is CCn1c(=O)[nH]c(=O)c2c1nc(Cc1cn3c(n1)CCCC3)n2Cc1ccc(-c2ccn(C)n2)cc1.CCn1c(=O)[nH]c(=O)c2c1nc(Cc1cn3cc(C)sc3n1)n2Cc1ccc(-c2ccn(C)n2)cc1.CCn1c(=O)[nH]c(=O)c2c1nc(Cc1cn3cc(Cl)sc3n1)n2Cc1ccc(-c2ccn(C)n2)cc1.CCn1c(=O)[nH]c(=O)c2c1nc(Cc1cn3ccccc3n1)n2Cc1ccc(CC(=O)OC)cc1. The van der Waals surface area contributed by atoms with Crippen LogP contribution >= 0.6 is 34.3 Å². The van der Waals surface area contributed by atoms with Crippen molar-refractivity contribution in [1.29, 1.82) is 0 Å². The number of H-pyrrole nitrogens is 4. The number of nitrogens with zero attached hydrogens (tertiary/aromatic N) is 26. The van der Waals surface area contributed by atoms with Crippen LogP contribution in [0.3, 0.4) is 0 Å². The number of aryl methyl sites for hydroxylation is 10. The van der Waals surface area contributed by atoms with Gasteiger partial charge in [0.05, 0.1) is 53.4 Å². The zero-order valence-corrected chi connectivity index (χ0v) is 81.8. The van der Waals surface area contributed by atoms with E-state index >= 15 is 0 Å². The van der Waals surface area contributed by atoms with Crippen LogP contribution in [0.4, 0.5) is 0 Å². The summed E-state index contributed by atoms with van der Waals surface area (Å²) in [5.41, 5.74) is 14.1. The van der Waals surface area contributed by atoms with Gasteiger partial charge in [-0.3, -0.25) is 85.0 Å². The highest BCUT2D eigenvalue weighted by Crippen LogP contribution is 2.30. The number of thiazole rings is 2. The minimum atomic E-state index is -0.485. The number of fused-ring (bicyclic) bond motifs is 8. The Kier molecular flexibility index (Phi) is 25.8. The molecule has 0 fully saturated rings. The van der Waals surface area contributed by atoms with Crippen LogP contribution in [0.2, 0.25) is 4.34 Å². The Labute approximate surface area is 823 Å². The third-order valence-electron chi connectivity index (χ3n) is 25.2. The molecule has 0 unspecified atom stereocenters. The smallest absolute Gasteiger partial charge is 0.330 e. The van der Waals surface area contributed by atoms with E-state index in [4.69, 9.17) is 46.2 Å². The van der Waals surface area contributed by atoms with Crippen molar-refractivity contribution in [3.8, 4) is 33.8 Å². The number of aromatic nitrogens is 30. The van der Waals surface area contributed by atoms with Gasteiger partial charge in [0.25, 0.3) is 22.2 Å². The highest BCUT2D eigenvalue weighted by Gasteiger charge is 2.28. The van der Waals surface area contributed by atoms with Gasteiger partial charge in [-0.05, 0) is 106 Å². The maximum Gasteiger partial charge on any atom is 0.330 e. The van der Waals surface area contributed by atoms with Gasteiger partial charge >= 0.3 is 28.7 Å². The van der Waals surface area contributed by atoms with Crippen molar-refractivity contribution in [3.05, 3.63) is 368 Å². The number of nitrogens with one attached hydrogen (secondary N) is 4. The van der Waals surface area contributed by atoms with Crippen LogP contribution in [-0.2, 0) is 128 Å². The fourth-order valence-corrected chi connectivity index (χ4v) is 20.1. The molecule has 4 aromatic carbocycles. The molecule has 0 saturated carbocycles. The van der Waals surface area contributed by atoms with Gasteiger partial charge in [0.15, 0.2) is 54.6 Å². The minimum Gasteiger partial charge on any atom is -0.469 e. The molecule has 43 heteroatoms. The van der Waals surface area contributed by atoms with Crippen LogP contribution in [0, 0.1) is 6.92 Å². The van der Waals surface area contributed by atoms with Crippen molar-refractivity contribution < 1.29 is 9.53 Å². The first-order chi connectivity index (χ1) is 69.2. The first-order valence-corrected chi connectivity index (χ1v) is 48.6. The Morgan fingerprint density at radius 2 is 0.741 bits per heavy atom. The average molecular weight is 1980 g/mol. The van der Waals surface area contributed by atoms with Crippen LogP contribution in [0.25, 0.3) is 94.0 Å². The second-order valence-corrected chi connectivity index (χ2v) is 37.7. The maximum atomic E-state index is 13.0. The summed E-state index contributed by atoms with van der Waals surface area (Å²) < 4.78 is 32.2. The molecular formula is C100H97ClN30O10S2. The summed E-state index contributed by atoms with van der Waals surface area (Å²) in [6, 6.07) is 43.5. The Morgan fingerprint density at radius 3 is 1.09 bits per heavy atom. The minimum absolute atomic E-state index is 0.187.